The highest BCUT2D eigenvalue weighted by Crippen LogP contribution is 2.13. The lowest BCUT2D eigenvalue weighted by molar-refractivity contribution is 0.0535. The van der Waals surface area contributed by atoms with Crippen molar-refractivity contribution in [3.63, 3.8) is 0 Å². The number of rotatable bonds is 2. The Kier molecular flexibility index (Phi) is 4.75. The van der Waals surface area contributed by atoms with Crippen molar-refractivity contribution in [1.82, 2.24) is 9.80 Å². The number of halogens is 1. The van der Waals surface area contributed by atoms with Crippen LogP contribution in [0.2, 0.25) is 0 Å². The fraction of sp³-hybridized carbons (Fsp3) is 0.211. The first kappa shape index (κ1) is 16.7. The van der Waals surface area contributed by atoms with Crippen LogP contribution >= 0.6 is 0 Å². The molecule has 0 atom stereocenters. The van der Waals surface area contributed by atoms with Crippen molar-refractivity contribution in [3.05, 3.63) is 71.0 Å². The number of benzene rings is 2. The highest BCUT2D eigenvalue weighted by atomic mass is 19.1. The summed E-state index contributed by atoms with van der Waals surface area (Å²) in [5.74, 6) is -0.798. The van der Waals surface area contributed by atoms with E-state index in [1.807, 2.05) is 6.07 Å². The lowest BCUT2D eigenvalue weighted by atomic mass is 10.1. The van der Waals surface area contributed by atoms with Gasteiger partial charge in [-0.25, -0.2) is 4.39 Å². The molecule has 0 unspecified atom stereocenters. The molecule has 126 valence electrons. The number of piperazine rings is 1. The average Bonchev–Trinajstić information content (AvgIpc) is 2.67. The fourth-order valence-electron chi connectivity index (χ4n) is 2.79. The van der Waals surface area contributed by atoms with E-state index in [9.17, 15) is 14.0 Å². The number of nitriles is 1. The van der Waals surface area contributed by atoms with Gasteiger partial charge in [-0.3, -0.25) is 9.59 Å². The van der Waals surface area contributed by atoms with Crippen molar-refractivity contribution in [2.24, 2.45) is 0 Å². The molecule has 1 saturated heterocycles. The minimum atomic E-state index is -0.444. The van der Waals surface area contributed by atoms with E-state index in [1.165, 1.54) is 18.2 Å². The molecule has 0 radical (unpaired) electrons. The van der Waals surface area contributed by atoms with Crippen LogP contribution in [0.4, 0.5) is 4.39 Å². The minimum Gasteiger partial charge on any atom is -0.335 e. The van der Waals surface area contributed by atoms with E-state index in [1.54, 1.807) is 40.1 Å². The molecule has 0 N–H and O–H groups in total. The van der Waals surface area contributed by atoms with Gasteiger partial charge >= 0.3 is 0 Å². The van der Waals surface area contributed by atoms with Gasteiger partial charge in [-0.2, -0.15) is 5.26 Å². The Morgan fingerprint density at radius 1 is 0.880 bits per heavy atom. The van der Waals surface area contributed by atoms with E-state index in [4.69, 9.17) is 5.26 Å². The predicted octanol–water partition coefficient (Wildman–Crippen LogP) is 2.30. The smallest absolute Gasteiger partial charge is 0.254 e. The molecule has 3 rings (SSSR count). The van der Waals surface area contributed by atoms with E-state index < -0.39 is 5.82 Å². The van der Waals surface area contributed by atoms with Gasteiger partial charge in [0.15, 0.2) is 0 Å². The van der Waals surface area contributed by atoms with Crippen LogP contribution in [0.5, 0.6) is 0 Å². The Labute approximate surface area is 144 Å². The second-order valence-corrected chi connectivity index (χ2v) is 5.78. The van der Waals surface area contributed by atoms with Gasteiger partial charge in [0.1, 0.15) is 5.82 Å². The normalized spacial score (nSPS) is 14.1. The zero-order chi connectivity index (χ0) is 17.8. The van der Waals surface area contributed by atoms with Crippen molar-refractivity contribution >= 4 is 11.8 Å². The molecule has 1 heterocycles. The molecule has 2 amide bonds. The molecule has 2 aromatic carbocycles. The maximum absolute atomic E-state index is 13.3. The van der Waals surface area contributed by atoms with Crippen LogP contribution in [0.3, 0.4) is 0 Å². The topological polar surface area (TPSA) is 64.4 Å². The van der Waals surface area contributed by atoms with Crippen LogP contribution in [0.25, 0.3) is 0 Å². The van der Waals surface area contributed by atoms with Gasteiger partial charge in [-0.15, -0.1) is 0 Å². The summed E-state index contributed by atoms with van der Waals surface area (Å²) in [7, 11) is 0. The number of carbonyl (C=O) groups is 2. The Morgan fingerprint density at radius 2 is 1.44 bits per heavy atom. The maximum atomic E-state index is 13.3. The molecule has 2 aromatic rings. The molecule has 1 aliphatic rings. The van der Waals surface area contributed by atoms with Crippen molar-refractivity contribution in [3.8, 4) is 6.07 Å². The molecular formula is C19H16FN3O2. The molecule has 0 bridgehead atoms. The molecular weight excluding hydrogens is 321 g/mol. The Hall–Kier alpha value is -3.20. The van der Waals surface area contributed by atoms with Gasteiger partial charge < -0.3 is 9.80 Å². The van der Waals surface area contributed by atoms with Gasteiger partial charge in [-0.1, -0.05) is 6.07 Å². The molecule has 5 nitrogen and oxygen atoms in total. The van der Waals surface area contributed by atoms with Crippen molar-refractivity contribution < 1.29 is 14.0 Å². The summed E-state index contributed by atoms with van der Waals surface area (Å²) in [6.45, 7) is 1.63. The standard InChI is InChI=1S/C19H16FN3O2/c20-17-3-1-2-16(12-17)19(25)23-10-8-22(9-11-23)18(24)15-6-4-14(13-21)5-7-15/h1-7,12H,8-11H2. The van der Waals surface area contributed by atoms with Crippen LogP contribution < -0.4 is 0 Å². The van der Waals surface area contributed by atoms with E-state index in [-0.39, 0.29) is 11.8 Å². The van der Waals surface area contributed by atoms with E-state index >= 15 is 0 Å². The second kappa shape index (κ2) is 7.14. The fourth-order valence-corrected chi connectivity index (χ4v) is 2.79. The number of amides is 2. The minimum absolute atomic E-state index is 0.123. The summed E-state index contributed by atoms with van der Waals surface area (Å²) in [6, 6.07) is 14.1. The van der Waals surface area contributed by atoms with Gasteiger partial charge in [-0.05, 0) is 42.5 Å². The zero-order valence-electron chi connectivity index (χ0n) is 13.5. The molecule has 1 fully saturated rings. The largest absolute Gasteiger partial charge is 0.335 e. The highest BCUT2D eigenvalue weighted by Gasteiger charge is 2.25. The lowest BCUT2D eigenvalue weighted by Crippen LogP contribution is -2.50. The molecule has 25 heavy (non-hydrogen) atoms. The van der Waals surface area contributed by atoms with E-state index in [0.717, 1.165) is 0 Å². The average molecular weight is 337 g/mol. The summed E-state index contributed by atoms with van der Waals surface area (Å²) >= 11 is 0. The first-order valence-corrected chi connectivity index (χ1v) is 7.93. The summed E-state index contributed by atoms with van der Waals surface area (Å²) in [4.78, 5) is 28.2. The predicted molar refractivity (Wildman–Crippen MR) is 89.4 cm³/mol. The number of hydrogen-bond donors (Lipinski definition) is 0. The summed E-state index contributed by atoms with van der Waals surface area (Å²) in [5.41, 5.74) is 1.33. The molecule has 0 aromatic heterocycles. The third-order valence-corrected chi connectivity index (χ3v) is 4.19. The Balaban J connectivity index is 1.62. The quantitative estimate of drug-likeness (QED) is 0.845. The summed E-state index contributed by atoms with van der Waals surface area (Å²) in [5, 5.41) is 8.80. The first-order chi connectivity index (χ1) is 12.1. The van der Waals surface area contributed by atoms with Crippen molar-refractivity contribution in [2.45, 2.75) is 0 Å². The molecule has 0 aliphatic carbocycles. The SMILES string of the molecule is N#Cc1ccc(C(=O)N2CCN(C(=O)c3cccc(F)c3)CC2)cc1. The molecule has 0 saturated carbocycles. The molecule has 6 heteroatoms. The zero-order valence-corrected chi connectivity index (χ0v) is 13.5. The van der Waals surface area contributed by atoms with Crippen LogP contribution in [0.1, 0.15) is 26.3 Å². The van der Waals surface area contributed by atoms with Crippen LogP contribution in [-0.4, -0.2) is 47.8 Å². The maximum Gasteiger partial charge on any atom is 0.254 e. The third kappa shape index (κ3) is 3.66. The van der Waals surface area contributed by atoms with E-state index in [2.05, 4.69) is 0 Å². The van der Waals surface area contributed by atoms with Gasteiger partial charge in [0.2, 0.25) is 0 Å². The highest BCUT2D eigenvalue weighted by molar-refractivity contribution is 5.96. The van der Waals surface area contributed by atoms with Gasteiger partial charge in [0.25, 0.3) is 11.8 Å². The summed E-state index contributed by atoms with van der Waals surface area (Å²) < 4.78 is 13.3. The monoisotopic (exact) mass is 337 g/mol. The second-order valence-electron chi connectivity index (χ2n) is 5.78. The Bertz CT molecular complexity index is 834. The molecule has 0 spiro atoms. The number of nitrogens with zero attached hydrogens (tertiary/aromatic N) is 3. The third-order valence-electron chi connectivity index (χ3n) is 4.19. The molecule has 1 aliphatic heterocycles. The number of carbonyl (C=O) groups excluding carboxylic acids is 2. The summed E-state index contributed by atoms with van der Waals surface area (Å²) in [6.07, 6.45) is 0. The van der Waals surface area contributed by atoms with Gasteiger partial charge in [0.05, 0.1) is 11.6 Å². The van der Waals surface area contributed by atoms with Gasteiger partial charge in [0, 0.05) is 37.3 Å². The Morgan fingerprint density at radius 3 is 1.96 bits per heavy atom. The van der Waals surface area contributed by atoms with E-state index in [0.29, 0.717) is 42.9 Å². The van der Waals surface area contributed by atoms with Crippen LogP contribution in [-0.2, 0) is 0 Å². The van der Waals surface area contributed by atoms with Crippen LogP contribution in [0, 0.1) is 17.1 Å². The number of hydrogen-bond acceptors (Lipinski definition) is 3. The van der Waals surface area contributed by atoms with Crippen molar-refractivity contribution in [2.75, 3.05) is 26.2 Å². The van der Waals surface area contributed by atoms with Crippen LogP contribution in [0.15, 0.2) is 48.5 Å². The van der Waals surface area contributed by atoms with Crippen molar-refractivity contribution in [1.29, 1.82) is 5.26 Å². The first-order valence-electron chi connectivity index (χ1n) is 7.93. The lowest BCUT2D eigenvalue weighted by Gasteiger charge is -2.34.